The molecule has 0 radical (unpaired) electrons. The third-order valence-corrected chi connectivity index (χ3v) is 5.25. The first-order valence-corrected chi connectivity index (χ1v) is 9.83. The second-order valence-electron chi connectivity index (χ2n) is 7.14. The molecule has 2 amide bonds. The predicted octanol–water partition coefficient (Wildman–Crippen LogP) is 3.52. The minimum Gasteiger partial charge on any atom is -0.337 e. The highest BCUT2D eigenvalue weighted by atomic mass is 16.5. The normalized spacial score (nSPS) is 15.4. The summed E-state index contributed by atoms with van der Waals surface area (Å²) in [5.74, 6) is 1.15. The first-order valence-electron chi connectivity index (χ1n) is 9.83. The Labute approximate surface area is 174 Å². The molecule has 3 aromatic rings. The van der Waals surface area contributed by atoms with Gasteiger partial charge in [0.05, 0.1) is 17.7 Å². The van der Waals surface area contributed by atoms with Crippen molar-refractivity contribution in [1.82, 2.24) is 19.9 Å². The summed E-state index contributed by atoms with van der Waals surface area (Å²) in [5.41, 5.74) is 2.16. The maximum atomic E-state index is 12.5. The van der Waals surface area contributed by atoms with Crippen molar-refractivity contribution in [3.63, 3.8) is 0 Å². The van der Waals surface area contributed by atoms with E-state index in [-0.39, 0.29) is 12.1 Å². The van der Waals surface area contributed by atoms with E-state index in [2.05, 4.69) is 26.4 Å². The molecule has 4 rings (SSSR count). The number of carbonyl (C=O) groups excluding carboxylic acids is 1. The lowest BCUT2D eigenvalue weighted by atomic mass is 10.2. The van der Waals surface area contributed by atoms with E-state index in [0.29, 0.717) is 49.1 Å². The first kappa shape index (κ1) is 19.6. The highest BCUT2D eigenvalue weighted by Gasteiger charge is 2.27. The molecule has 1 aliphatic rings. The van der Waals surface area contributed by atoms with Crippen molar-refractivity contribution in [3.8, 4) is 17.5 Å². The summed E-state index contributed by atoms with van der Waals surface area (Å²) in [6, 6.07) is 18.5. The van der Waals surface area contributed by atoms with Crippen LogP contribution in [0.15, 0.2) is 59.1 Å². The average Bonchev–Trinajstić information content (AvgIpc) is 3.30. The maximum absolute atomic E-state index is 12.5. The third kappa shape index (κ3) is 4.31. The number of nitrogens with zero attached hydrogens (tertiary/aromatic N) is 5. The summed E-state index contributed by atoms with van der Waals surface area (Å²) in [4.78, 5) is 21.1. The summed E-state index contributed by atoms with van der Waals surface area (Å²) < 4.78 is 5.49. The standard InChI is InChI=1S/C22H22N6O2/c1-16(21-25-20(26-30-21)18-5-3-2-4-6-18)27-11-13-28(14-12-27)22(29)24-19-9-7-17(15-23)8-10-19/h2-10,16H,11-14H2,1H3,(H,24,29)/t16-/m1/s1. The van der Waals surface area contributed by atoms with Gasteiger partial charge in [0.15, 0.2) is 0 Å². The van der Waals surface area contributed by atoms with E-state index in [0.717, 1.165) is 5.56 Å². The van der Waals surface area contributed by atoms with Crippen molar-refractivity contribution in [1.29, 1.82) is 5.26 Å². The van der Waals surface area contributed by atoms with Gasteiger partial charge in [-0.25, -0.2) is 4.79 Å². The first-order chi connectivity index (χ1) is 14.6. The van der Waals surface area contributed by atoms with Crippen LogP contribution in [-0.2, 0) is 0 Å². The molecule has 0 unspecified atom stereocenters. The molecule has 1 atom stereocenters. The highest BCUT2D eigenvalue weighted by Crippen LogP contribution is 2.23. The Hall–Kier alpha value is -3.70. The van der Waals surface area contributed by atoms with Gasteiger partial charge in [-0.15, -0.1) is 0 Å². The molecule has 1 saturated heterocycles. The van der Waals surface area contributed by atoms with Crippen molar-refractivity contribution >= 4 is 11.7 Å². The fourth-order valence-electron chi connectivity index (χ4n) is 3.41. The Morgan fingerprint density at radius 2 is 1.80 bits per heavy atom. The zero-order valence-corrected chi connectivity index (χ0v) is 16.7. The second-order valence-corrected chi connectivity index (χ2v) is 7.14. The molecule has 152 valence electrons. The number of hydrogen-bond acceptors (Lipinski definition) is 6. The molecule has 0 aliphatic carbocycles. The van der Waals surface area contributed by atoms with E-state index in [1.165, 1.54) is 0 Å². The van der Waals surface area contributed by atoms with Crippen molar-refractivity contribution in [2.75, 3.05) is 31.5 Å². The van der Waals surface area contributed by atoms with Gasteiger partial charge in [-0.2, -0.15) is 10.2 Å². The van der Waals surface area contributed by atoms with Crippen molar-refractivity contribution in [2.45, 2.75) is 13.0 Å². The monoisotopic (exact) mass is 402 g/mol. The van der Waals surface area contributed by atoms with Crippen molar-refractivity contribution < 1.29 is 9.32 Å². The molecule has 0 bridgehead atoms. The zero-order valence-electron chi connectivity index (χ0n) is 16.7. The van der Waals surface area contributed by atoms with E-state index >= 15 is 0 Å². The average molecular weight is 402 g/mol. The van der Waals surface area contributed by atoms with Crippen LogP contribution >= 0.6 is 0 Å². The highest BCUT2D eigenvalue weighted by molar-refractivity contribution is 5.89. The van der Waals surface area contributed by atoms with Gasteiger partial charge >= 0.3 is 6.03 Å². The van der Waals surface area contributed by atoms with Gasteiger partial charge < -0.3 is 14.7 Å². The molecule has 2 heterocycles. The van der Waals surface area contributed by atoms with Crippen LogP contribution in [0.25, 0.3) is 11.4 Å². The minimum absolute atomic E-state index is 0.0290. The number of urea groups is 1. The number of rotatable bonds is 4. The molecule has 1 fully saturated rings. The molecule has 0 spiro atoms. The maximum Gasteiger partial charge on any atom is 0.321 e. The number of nitrogens with one attached hydrogen (secondary N) is 1. The summed E-state index contributed by atoms with van der Waals surface area (Å²) in [6.07, 6.45) is 0. The fraction of sp³-hybridized carbons (Fsp3) is 0.273. The number of amides is 2. The minimum atomic E-state index is -0.142. The van der Waals surface area contributed by atoms with Crippen LogP contribution in [0.2, 0.25) is 0 Å². The number of anilines is 1. The van der Waals surface area contributed by atoms with Gasteiger partial charge in [-0.3, -0.25) is 4.90 Å². The number of piperazine rings is 1. The van der Waals surface area contributed by atoms with Crippen LogP contribution in [0.5, 0.6) is 0 Å². The number of nitriles is 1. The van der Waals surface area contributed by atoms with Crippen molar-refractivity contribution in [2.24, 2.45) is 0 Å². The summed E-state index contributed by atoms with van der Waals surface area (Å²) in [7, 11) is 0. The Morgan fingerprint density at radius 3 is 2.47 bits per heavy atom. The van der Waals surface area contributed by atoms with Gasteiger partial charge in [-0.05, 0) is 31.2 Å². The number of aromatic nitrogens is 2. The summed E-state index contributed by atoms with van der Waals surface area (Å²) in [5, 5.41) is 15.8. The number of carbonyl (C=O) groups is 1. The smallest absolute Gasteiger partial charge is 0.321 e. The lowest BCUT2D eigenvalue weighted by Gasteiger charge is -2.36. The number of hydrogen-bond donors (Lipinski definition) is 1. The second kappa shape index (κ2) is 8.76. The van der Waals surface area contributed by atoms with Gasteiger partial charge in [0, 0.05) is 37.4 Å². The lowest BCUT2D eigenvalue weighted by Crippen LogP contribution is -2.50. The lowest BCUT2D eigenvalue weighted by molar-refractivity contribution is 0.104. The molecule has 8 nitrogen and oxygen atoms in total. The molecule has 30 heavy (non-hydrogen) atoms. The van der Waals surface area contributed by atoms with Crippen LogP contribution in [0.4, 0.5) is 10.5 Å². The van der Waals surface area contributed by atoms with E-state index in [1.54, 1.807) is 29.2 Å². The van der Waals surface area contributed by atoms with Gasteiger partial charge in [0.1, 0.15) is 0 Å². The zero-order chi connectivity index (χ0) is 20.9. The van der Waals surface area contributed by atoms with Crippen LogP contribution in [0.1, 0.15) is 24.4 Å². The van der Waals surface area contributed by atoms with Gasteiger partial charge in [0.2, 0.25) is 11.7 Å². The van der Waals surface area contributed by atoms with Crippen LogP contribution < -0.4 is 5.32 Å². The van der Waals surface area contributed by atoms with E-state index < -0.39 is 0 Å². The molecular weight excluding hydrogens is 380 g/mol. The third-order valence-electron chi connectivity index (χ3n) is 5.25. The molecule has 0 saturated carbocycles. The fourth-order valence-corrected chi connectivity index (χ4v) is 3.41. The van der Waals surface area contributed by atoms with E-state index in [9.17, 15) is 4.79 Å². The molecular formula is C22H22N6O2. The number of benzene rings is 2. The molecule has 2 aromatic carbocycles. The Balaban J connectivity index is 1.32. The molecule has 8 heteroatoms. The van der Waals surface area contributed by atoms with Crippen LogP contribution in [0, 0.1) is 11.3 Å². The SMILES string of the molecule is C[C@H](c1nc(-c2ccccc2)no1)N1CCN(C(=O)Nc2ccc(C#N)cc2)CC1. The summed E-state index contributed by atoms with van der Waals surface area (Å²) in [6.45, 7) is 4.67. The van der Waals surface area contributed by atoms with E-state index in [1.807, 2.05) is 37.3 Å². The van der Waals surface area contributed by atoms with Crippen LogP contribution in [-0.4, -0.2) is 52.2 Å². The molecule has 1 aliphatic heterocycles. The topological polar surface area (TPSA) is 98.3 Å². The van der Waals surface area contributed by atoms with E-state index in [4.69, 9.17) is 9.78 Å². The predicted molar refractivity (Wildman–Crippen MR) is 111 cm³/mol. The Morgan fingerprint density at radius 1 is 1.10 bits per heavy atom. The Bertz CT molecular complexity index is 1030. The largest absolute Gasteiger partial charge is 0.337 e. The van der Waals surface area contributed by atoms with Crippen molar-refractivity contribution in [3.05, 3.63) is 66.1 Å². The van der Waals surface area contributed by atoms with Crippen LogP contribution in [0.3, 0.4) is 0 Å². The summed E-state index contributed by atoms with van der Waals surface area (Å²) >= 11 is 0. The molecule has 1 aromatic heterocycles. The quantitative estimate of drug-likeness (QED) is 0.717. The molecule has 1 N–H and O–H groups in total. The Kier molecular flexibility index (Phi) is 5.72. The van der Waals surface area contributed by atoms with Gasteiger partial charge in [-0.1, -0.05) is 35.5 Å². The van der Waals surface area contributed by atoms with Gasteiger partial charge in [0.25, 0.3) is 0 Å².